The minimum Gasteiger partial charge on any atom is -0.496 e. The number of benzene rings is 1. The van der Waals surface area contributed by atoms with Gasteiger partial charge < -0.3 is 14.4 Å². The normalized spacial score (nSPS) is 27.8. The van der Waals surface area contributed by atoms with Gasteiger partial charge in [-0.05, 0) is 44.2 Å². The molecule has 0 saturated carbocycles. The number of carbonyl (C=O) groups is 1. The van der Waals surface area contributed by atoms with E-state index in [1.165, 1.54) is 45.2 Å². The molecule has 1 unspecified atom stereocenters. The van der Waals surface area contributed by atoms with Gasteiger partial charge in [-0.3, -0.25) is 0 Å². The van der Waals surface area contributed by atoms with Crippen LogP contribution in [0.15, 0.2) is 24.3 Å². The van der Waals surface area contributed by atoms with Gasteiger partial charge in [-0.2, -0.15) is 0 Å². The third-order valence-corrected chi connectivity index (χ3v) is 5.18. The summed E-state index contributed by atoms with van der Waals surface area (Å²) in [5.41, 5.74) is 0.522. The van der Waals surface area contributed by atoms with Crippen molar-refractivity contribution in [2.45, 2.75) is 38.1 Å². The summed E-state index contributed by atoms with van der Waals surface area (Å²) in [7, 11) is 1.58. The van der Waals surface area contributed by atoms with E-state index in [0.717, 1.165) is 0 Å². The van der Waals surface area contributed by atoms with Gasteiger partial charge in [-0.25, -0.2) is 4.79 Å². The molecule has 2 aliphatic rings. The zero-order valence-electron chi connectivity index (χ0n) is 13.3. The topological polar surface area (TPSA) is 40.0 Å². The van der Waals surface area contributed by atoms with E-state index in [1.807, 2.05) is 12.1 Å². The number of carbonyl (C=O) groups excluding carboxylic acids is 1. The summed E-state index contributed by atoms with van der Waals surface area (Å²) in [6, 6.07) is 7.95. The van der Waals surface area contributed by atoms with Crippen LogP contribution in [0.25, 0.3) is 0 Å². The molecule has 0 amide bonds. The van der Waals surface area contributed by atoms with Crippen molar-refractivity contribution in [2.24, 2.45) is 5.92 Å². The second-order valence-electron chi connectivity index (χ2n) is 6.46. The zero-order chi connectivity index (χ0) is 15.4. The van der Waals surface area contributed by atoms with Gasteiger partial charge in [0.05, 0.1) is 26.2 Å². The second kappa shape index (κ2) is 7.14. The summed E-state index contributed by atoms with van der Waals surface area (Å²) in [5.74, 6) is 0.837. The molecular formula is C18H26NO3+. The van der Waals surface area contributed by atoms with Crippen LogP contribution < -0.4 is 9.64 Å². The lowest BCUT2D eigenvalue weighted by Gasteiger charge is -2.41. The Hall–Kier alpha value is -1.55. The highest BCUT2D eigenvalue weighted by atomic mass is 16.5. The Morgan fingerprint density at radius 2 is 2.00 bits per heavy atom. The number of hydrogen-bond acceptors (Lipinski definition) is 3. The fourth-order valence-electron chi connectivity index (χ4n) is 4.05. The van der Waals surface area contributed by atoms with Crippen LogP contribution in [0.5, 0.6) is 5.75 Å². The Balaban J connectivity index is 1.60. The number of piperidine rings is 2. The molecule has 1 aromatic rings. The van der Waals surface area contributed by atoms with E-state index < -0.39 is 0 Å². The molecule has 0 spiro atoms. The van der Waals surface area contributed by atoms with Crippen LogP contribution >= 0.6 is 0 Å². The molecule has 2 aliphatic heterocycles. The summed E-state index contributed by atoms with van der Waals surface area (Å²) in [4.78, 5) is 14.1. The van der Waals surface area contributed by atoms with Crippen LogP contribution in [0.1, 0.15) is 42.5 Å². The van der Waals surface area contributed by atoms with Crippen LogP contribution in [0, 0.1) is 5.92 Å². The highest BCUT2D eigenvalue weighted by Crippen LogP contribution is 2.23. The van der Waals surface area contributed by atoms with E-state index in [1.54, 1.807) is 24.1 Å². The molecule has 0 aromatic heterocycles. The number of nitrogens with one attached hydrogen (secondary N) is 1. The molecule has 120 valence electrons. The molecule has 0 radical (unpaired) electrons. The number of rotatable bonds is 4. The Morgan fingerprint density at radius 3 is 2.86 bits per heavy atom. The number of methoxy groups -OCH3 is 1. The maximum atomic E-state index is 12.3. The lowest BCUT2D eigenvalue weighted by molar-refractivity contribution is -0.940. The lowest BCUT2D eigenvalue weighted by Crippen LogP contribution is -3.18. The first kappa shape index (κ1) is 15.3. The molecular weight excluding hydrogens is 278 g/mol. The maximum Gasteiger partial charge on any atom is 0.341 e. The molecule has 22 heavy (non-hydrogen) atoms. The first-order chi connectivity index (χ1) is 10.8. The van der Waals surface area contributed by atoms with Crippen LogP contribution in [-0.4, -0.2) is 38.8 Å². The summed E-state index contributed by atoms with van der Waals surface area (Å²) in [6.07, 6.45) is 6.40. The molecule has 2 heterocycles. The quantitative estimate of drug-likeness (QED) is 0.861. The van der Waals surface area contributed by atoms with Crippen molar-refractivity contribution in [2.75, 3.05) is 26.8 Å². The van der Waals surface area contributed by atoms with Crippen molar-refractivity contribution in [3.63, 3.8) is 0 Å². The Labute approximate surface area is 132 Å². The van der Waals surface area contributed by atoms with Gasteiger partial charge >= 0.3 is 5.97 Å². The van der Waals surface area contributed by atoms with Crippen molar-refractivity contribution >= 4 is 5.97 Å². The maximum absolute atomic E-state index is 12.3. The van der Waals surface area contributed by atoms with E-state index in [4.69, 9.17) is 9.47 Å². The third kappa shape index (κ3) is 3.27. The predicted molar refractivity (Wildman–Crippen MR) is 84.3 cm³/mol. The summed E-state index contributed by atoms with van der Waals surface area (Å²) in [6.45, 7) is 3.13. The standard InChI is InChI=1S/C18H25NO3/c1-21-17-10-3-2-8-15(17)18(20)22-13-14-7-6-12-19-11-5-4-9-16(14)19/h2-3,8,10,14,16H,4-7,9,11-13H2,1H3/p+1/t14-,16-/m1/s1. The fraction of sp³-hybridized carbons (Fsp3) is 0.611. The van der Waals surface area contributed by atoms with Crippen molar-refractivity contribution in [3.05, 3.63) is 29.8 Å². The number of esters is 1. The molecule has 0 bridgehead atoms. The molecule has 4 heteroatoms. The fourth-order valence-corrected chi connectivity index (χ4v) is 4.05. The second-order valence-corrected chi connectivity index (χ2v) is 6.46. The SMILES string of the molecule is COc1ccccc1C(=O)OC[C@H]1CCC[NH+]2CCCC[C@H]12. The van der Waals surface area contributed by atoms with Gasteiger partial charge in [-0.15, -0.1) is 0 Å². The van der Waals surface area contributed by atoms with Crippen LogP contribution in [0.2, 0.25) is 0 Å². The number of fused-ring (bicyclic) bond motifs is 1. The van der Waals surface area contributed by atoms with Gasteiger partial charge in [0, 0.05) is 5.92 Å². The number of para-hydroxylation sites is 1. The van der Waals surface area contributed by atoms with Gasteiger partial charge in [-0.1, -0.05) is 12.1 Å². The van der Waals surface area contributed by atoms with E-state index in [0.29, 0.717) is 29.9 Å². The third-order valence-electron chi connectivity index (χ3n) is 5.18. The molecule has 1 aromatic carbocycles. The van der Waals surface area contributed by atoms with Gasteiger partial charge in [0.25, 0.3) is 0 Å². The Morgan fingerprint density at radius 1 is 1.18 bits per heavy atom. The van der Waals surface area contributed by atoms with Gasteiger partial charge in [0.2, 0.25) is 0 Å². The predicted octanol–water partition coefficient (Wildman–Crippen LogP) is 1.70. The molecule has 1 N–H and O–H groups in total. The average Bonchev–Trinajstić information content (AvgIpc) is 2.59. The van der Waals surface area contributed by atoms with Crippen molar-refractivity contribution in [3.8, 4) is 5.75 Å². The molecule has 0 aliphatic carbocycles. The highest BCUT2D eigenvalue weighted by Gasteiger charge is 2.37. The van der Waals surface area contributed by atoms with E-state index >= 15 is 0 Å². The van der Waals surface area contributed by atoms with Crippen molar-refractivity contribution in [1.82, 2.24) is 0 Å². The van der Waals surface area contributed by atoms with Crippen molar-refractivity contribution < 1.29 is 19.2 Å². The largest absolute Gasteiger partial charge is 0.496 e. The number of quaternary nitrogens is 1. The lowest BCUT2D eigenvalue weighted by atomic mass is 9.84. The molecule has 2 fully saturated rings. The van der Waals surface area contributed by atoms with Crippen LogP contribution in [0.3, 0.4) is 0 Å². The highest BCUT2D eigenvalue weighted by molar-refractivity contribution is 5.92. The summed E-state index contributed by atoms with van der Waals surface area (Å²) < 4.78 is 10.9. The Kier molecular flexibility index (Phi) is 4.98. The minimum atomic E-state index is -0.264. The zero-order valence-corrected chi connectivity index (χ0v) is 13.3. The molecule has 3 atom stereocenters. The van der Waals surface area contributed by atoms with Crippen LogP contribution in [0.4, 0.5) is 0 Å². The first-order valence-corrected chi connectivity index (χ1v) is 8.44. The number of ether oxygens (including phenoxy) is 2. The smallest absolute Gasteiger partial charge is 0.341 e. The number of hydrogen-bond donors (Lipinski definition) is 1. The minimum absolute atomic E-state index is 0.264. The van der Waals surface area contributed by atoms with Crippen molar-refractivity contribution in [1.29, 1.82) is 0 Å². The van der Waals surface area contributed by atoms with E-state index in [-0.39, 0.29) is 5.97 Å². The van der Waals surface area contributed by atoms with Crippen LogP contribution in [-0.2, 0) is 4.74 Å². The van der Waals surface area contributed by atoms with E-state index in [2.05, 4.69) is 0 Å². The average molecular weight is 304 g/mol. The summed E-state index contributed by atoms with van der Waals surface area (Å²) in [5, 5.41) is 0. The van der Waals surface area contributed by atoms with E-state index in [9.17, 15) is 4.79 Å². The first-order valence-electron chi connectivity index (χ1n) is 8.44. The summed E-state index contributed by atoms with van der Waals surface area (Å²) >= 11 is 0. The Bertz CT molecular complexity index is 515. The van der Waals surface area contributed by atoms with Gasteiger partial charge in [0.15, 0.2) is 0 Å². The van der Waals surface area contributed by atoms with Gasteiger partial charge in [0.1, 0.15) is 17.9 Å². The molecule has 3 rings (SSSR count). The molecule has 2 saturated heterocycles. The molecule has 4 nitrogen and oxygen atoms in total. The monoisotopic (exact) mass is 304 g/mol.